The highest BCUT2D eigenvalue weighted by atomic mass is 19.4. The van der Waals surface area contributed by atoms with Crippen molar-refractivity contribution in [3.8, 4) is 6.07 Å². The number of rotatable bonds is 7. The van der Waals surface area contributed by atoms with Crippen LogP contribution in [0.3, 0.4) is 0 Å². The zero-order chi connectivity index (χ0) is 27.7. The second kappa shape index (κ2) is 8.85. The molecule has 2 heterocycles. The molecule has 0 aromatic carbocycles. The lowest BCUT2D eigenvalue weighted by Crippen LogP contribution is -2.61. The van der Waals surface area contributed by atoms with Gasteiger partial charge in [0.15, 0.2) is 0 Å². The number of fused-ring (bicyclic) bond motifs is 1. The molecule has 2 aliphatic heterocycles. The molecule has 3 amide bonds. The first-order valence-corrected chi connectivity index (χ1v) is 13.1. The average Bonchev–Trinajstić information content (AvgIpc) is 3.48. The number of hydrogen-bond donors (Lipinski definition) is 3. The molecule has 37 heavy (non-hydrogen) atoms. The summed E-state index contributed by atoms with van der Waals surface area (Å²) in [6.07, 6.45) is -1.86. The molecule has 11 heteroatoms. The van der Waals surface area contributed by atoms with E-state index in [1.807, 2.05) is 13.8 Å². The van der Waals surface area contributed by atoms with E-state index in [1.165, 1.54) is 4.90 Å². The van der Waals surface area contributed by atoms with Gasteiger partial charge in [0.05, 0.1) is 12.1 Å². The van der Waals surface area contributed by atoms with Crippen LogP contribution in [0.15, 0.2) is 0 Å². The fraction of sp³-hybridized carbons (Fsp3) is 0.846. The van der Waals surface area contributed by atoms with Crippen LogP contribution in [0.4, 0.5) is 13.2 Å². The molecular weight excluding hydrogens is 487 g/mol. The smallest absolute Gasteiger partial charge is 0.350 e. The Bertz CT molecular complexity index is 1010. The number of amides is 3. The lowest BCUT2D eigenvalue weighted by molar-refractivity contribution is -0.160. The van der Waals surface area contributed by atoms with Gasteiger partial charge in [-0.25, -0.2) is 0 Å². The van der Waals surface area contributed by atoms with Crippen molar-refractivity contribution in [2.45, 2.75) is 103 Å². The molecule has 2 saturated carbocycles. The fourth-order valence-corrected chi connectivity index (χ4v) is 6.35. The number of nitrogens with one attached hydrogen (secondary N) is 3. The summed E-state index contributed by atoms with van der Waals surface area (Å²) in [5, 5.41) is 17.9. The Morgan fingerprint density at radius 1 is 1.24 bits per heavy atom. The molecule has 0 aromatic heterocycles. The van der Waals surface area contributed by atoms with Crippen LogP contribution in [0, 0.1) is 39.9 Å². The molecule has 0 aromatic rings. The van der Waals surface area contributed by atoms with Gasteiger partial charge in [0.1, 0.15) is 18.1 Å². The Kier molecular flexibility index (Phi) is 6.62. The summed E-state index contributed by atoms with van der Waals surface area (Å²) in [5.41, 5.74) is -1.19. The van der Waals surface area contributed by atoms with Crippen LogP contribution in [0.25, 0.3) is 0 Å². The minimum Gasteiger partial charge on any atom is -0.350 e. The van der Waals surface area contributed by atoms with Crippen molar-refractivity contribution in [2.75, 3.05) is 6.54 Å². The van der Waals surface area contributed by atoms with Gasteiger partial charge >= 0.3 is 6.18 Å². The summed E-state index contributed by atoms with van der Waals surface area (Å²) in [4.78, 5) is 41.0. The standard InChI is InChI=1S/C26H38F3N5O3/c1-13(26(27,28)29)31-19(23(2,3)4)22(37)34-12-16-17(24(16,5)6)18(34)21(36)32-15(11-30)9-14-10-25(7-8-25)33-20(14)35/h13-19,31H,7-10,12H2,1-6H3,(H,32,36)(H,33,35)/t13?,14-,15+,16?,17?,18?,19?/m1/s1. The monoisotopic (exact) mass is 525 g/mol. The highest BCUT2D eigenvalue weighted by Crippen LogP contribution is 2.65. The summed E-state index contributed by atoms with van der Waals surface area (Å²) in [5.74, 6) is -1.62. The van der Waals surface area contributed by atoms with Crippen molar-refractivity contribution in [1.82, 2.24) is 20.9 Å². The molecule has 1 spiro atoms. The Labute approximate surface area is 216 Å². The third kappa shape index (κ3) is 5.18. The van der Waals surface area contributed by atoms with E-state index in [2.05, 4.69) is 22.0 Å². The Balaban J connectivity index is 1.50. The van der Waals surface area contributed by atoms with Gasteiger partial charge in [-0.15, -0.1) is 0 Å². The number of piperidine rings is 1. The molecule has 2 saturated heterocycles. The molecule has 206 valence electrons. The van der Waals surface area contributed by atoms with E-state index in [9.17, 15) is 32.8 Å². The van der Waals surface area contributed by atoms with Crippen molar-refractivity contribution in [3.63, 3.8) is 0 Å². The minimum absolute atomic E-state index is 0.0451. The van der Waals surface area contributed by atoms with Crippen molar-refractivity contribution in [3.05, 3.63) is 0 Å². The highest BCUT2D eigenvalue weighted by Gasteiger charge is 2.70. The summed E-state index contributed by atoms with van der Waals surface area (Å²) in [6.45, 7) is 10.3. The number of carbonyl (C=O) groups excluding carboxylic acids is 3. The molecule has 0 radical (unpaired) electrons. The molecular formula is C26H38F3N5O3. The summed E-state index contributed by atoms with van der Waals surface area (Å²) in [6, 6.07) is -2.78. The molecule has 4 fully saturated rings. The maximum atomic E-state index is 13.7. The van der Waals surface area contributed by atoms with Gasteiger partial charge in [-0.1, -0.05) is 34.6 Å². The van der Waals surface area contributed by atoms with Crippen LogP contribution in [0.2, 0.25) is 0 Å². The van der Waals surface area contributed by atoms with Gasteiger partial charge in [-0.3, -0.25) is 19.7 Å². The number of hydrogen-bond acceptors (Lipinski definition) is 5. The predicted octanol–water partition coefficient (Wildman–Crippen LogP) is 2.49. The first kappa shape index (κ1) is 27.7. The van der Waals surface area contributed by atoms with E-state index in [-0.39, 0.29) is 47.6 Å². The molecule has 8 nitrogen and oxygen atoms in total. The second-order valence-corrected chi connectivity index (χ2v) is 13.2. The number of halogens is 3. The van der Waals surface area contributed by atoms with Crippen LogP contribution < -0.4 is 16.0 Å². The van der Waals surface area contributed by atoms with Crippen LogP contribution in [0.1, 0.15) is 67.2 Å². The first-order valence-electron chi connectivity index (χ1n) is 13.1. The lowest BCUT2D eigenvalue weighted by atomic mass is 9.84. The van der Waals surface area contributed by atoms with Crippen molar-refractivity contribution in [1.29, 1.82) is 5.26 Å². The summed E-state index contributed by atoms with van der Waals surface area (Å²) in [7, 11) is 0. The van der Waals surface area contributed by atoms with Gasteiger partial charge in [0, 0.05) is 18.0 Å². The second-order valence-electron chi connectivity index (χ2n) is 13.2. The maximum Gasteiger partial charge on any atom is 0.403 e. The van der Waals surface area contributed by atoms with Crippen molar-refractivity contribution in [2.24, 2.45) is 28.6 Å². The Hall–Kier alpha value is -2.35. The first-order chi connectivity index (χ1) is 16.9. The van der Waals surface area contributed by atoms with Crippen LogP contribution in [0.5, 0.6) is 0 Å². The topological polar surface area (TPSA) is 114 Å². The van der Waals surface area contributed by atoms with Gasteiger partial charge in [-0.05, 0) is 55.3 Å². The van der Waals surface area contributed by atoms with Crippen molar-refractivity contribution < 1.29 is 27.6 Å². The normalized spacial score (nSPS) is 31.7. The third-order valence-corrected chi connectivity index (χ3v) is 9.02. The SMILES string of the molecule is CC(NC(C(=O)N1CC2C(C1C(=O)N[C@H](C#N)C[C@@H]1CC3(CC3)NC1=O)C2(C)C)C(C)(C)C)C(F)(F)F. The molecule has 4 aliphatic rings. The number of carbonyl (C=O) groups is 3. The number of nitrogens with zero attached hydrogens (tertiary/aromatic N) is 2. The van der Waals surface area contributed by atoms with E-state index in [0.717, 1.165) is 19.8 Å². The van der Waals surface area contributed by atoms with Crippen LogP contribution >= 0.6 is 0 Å². The van der Waals surface area contributed by atoms with E-state index in [0.29, 0.717) is 6.42 Å². The molecule has 5 unspecified atom stereocenters. The lowest BCUT2D eigenvalue weighted by Gasteiger charge is -2.39. The molecule has 4 rings (SSSR count). The summed E-state index contributed by atoms with van der Waals surface area (Å²) >= 11 is 0. The zero-order valence-corrected chi connectivity index (χ0v) is 22.3. The van der Waals surface area contributed by atoms with Gasteiger partial charge in [0.2, 0.25) is 17.7 Å². The van der Waals surface area contributed by atoms with E-state index >= 15 is 0 Å². The predicted molar refractivity (Wildman–Crippen MR) is 129 cm³/mol. The maximum absolute atomic E-state index is 13.7. The fourth-order valence-electron chi connectivity index (χ4n) is 6.35. The number of likely N-dealkylation sites (tertiary alicyclic amines) is 1. The van der Waals surface area contributed by atoms with E-state index in [1.54, 1.807) is 20.8 Å². The third-order valence-electron chi connectivity index (χ3n) is 9.02. The van der Waals surface area contributed by atoms with Gasteiger partial charge < -0.3 is 15.5 Å². The highest BCUT2D eigenvalue weighted by molar-refractivity contribution is 5.92. The number of alkyl halides is 3. The molecule has 7 atom stereocenters. The molecule has 0 bridgehead atoms. The van der Waals surface area contributed by atoms with Crippen LogP contribution in [-0.4, -0.2) is 65.0 Å². The number of nitriles is 1. The minimum atomic E-state index is -4.53. The van der Waals surface area contributed by atoms with Crippen LogP contribution in [-0.2, 0) is 14.4 Å². The van der Waals surface area contributed by atoms with E-state index < -0.39 is 47.6 Å². The van der Waals surface area contributed by atoms with Crippen molar-refractivity contribution >= 4 is 17.7 Å². The molecule has 3 N–H and O–H groups in total. The quantitative estimate of drug-likeness (QED) is 0.473. The molecule has 2 aliphatic carbocycles. The largest absolute Gasteiger partial charge is 0.403 e. The van der Waals surface area contributed by atoms with E-state index in [4.69, 9.17) is 0 Å². The van der Waals surface area contributed by atoms with Gasteiger partial charge in [-0.2, -0.15) is 18.4 Å². The average molecular weight is 526 g/mol. The zero-order valence-electron chi connectivity index (χ0n) is 22.3. The summed E-state index contributed by atoms with van der Waals surface area (Å²) < 4.78 is 40.0. The Morgan fingerprint density at radius 3 is 2.35 bits per heavy atom. The van der Waals surface area contributed by atoms with Gasteiger partial charge in [0.25, 0.3) is 0 Å². The Morgan fingerprint density at radius 2 is 1.86 bits per heavy atom.